The van der Waals surface area contributed by atoms with E-state index >= 15 is 0 Å². The Labute approximate surface area is 163 Å². The summed E-state index contributed by atoms with van der Waals surface area (Å²) < 4.78 is 7.20. The van der Waals surface area contributed by atoms with Gasteiger partial charge in [-0.2, -0.15) is 0 Å². The molecule has 1 aliphatic rings. The zero-order chi connectivity index (χ0) is 19.2. The highest BCUT2D eigenvalue weighted by Gasteiger charge is 2.31. The Morgan fingerprint density at radius 3 is 2.89 bits per heavy atom. The third-order valence-corrected chi connectivity index (χ3v) is 6.01. The fraction of sp³-hybridized carbons (Fsp3) is 0.476. The Morgan fingerprint density at radius 2 is 2.15 bits per heavy atom. The van der Waals surface area contributed by atoms with Crippen molar-refractivity contribution in [3.63, 3.8) is 0 Å². The number of hydrogen-bond donors (Lipinski definition) is 1. The van der Waals surface area contributed by atoms with Crippen molar-refractivity contribution >= 4 is 37.6 Å². The molecule has 0 fully saturated rings. The summed E-state index contributed by atoms with van der Waals surface area (Å²) in [5.41, 5.74) is 4.60. The topological polar surface area (TPSA) is 59.9 Å². The molecule has 27 heavy (non-hydrogen) atoms. The molecule has 0 aliphatic carbocycles. The van der Waals surface area contributed by atoms with Crippen molar-refractivity contribution in [2.75, 3.05) is 11.9 Å². The minimum atomic E-state index is -0.179. The van der Waals surface area contributed by atoms with Crippen molar-refractivity contribution < 1.29 is 4.74 Å². The van der Waals surface area contributed by atoms with Crippen molar-refractivity contribution in [2.24, 2.45) is 5.92 Å². The molecule has 0 radical (unpaired) electrons. The summed E-state index contributed by atoms with van der Waals surface area (Å²) in [5, 5.41) is 4.51. The molecule has 4 heterocycles. The van der Waals surface area contributed by atoms with Crippen LogP contribution in [0.2, 0.25) is 0 Å². The van der Waals surface area contributed by atoms with Crippen LogP contribution in [0.5, 0.6) is 0 Å². The van der Waals surface area contributed by atoms with Gasteiger partial charge in [0.1, 0.15) is 17.0 Å². The molecule has 0 saturated carbocycles. The fourth-order valence-corrected chi connectivity index (χ4v) is 4.87. The molecule has 0 aromatic carbocycles. The number of pyridine rings is 1. The molecule has 3 aromatic rings. The lowest BCUT2D eigenvalue weighted by Gasteiger charge is -2.33. The maximum absolute atomic E-state index is 6.14. The van der Waals surface area contributed by atoms with Gasteiger partial charge in [0, 0.05) is 29.6 Å². The van der Waals surface area contributed by atoms with Crippen molar-refractivity contribution in [1.82, 2.24) is 15.0 Å². The molecule has 1 N–H and O–H groups in total. The summed E-state index contributed by atoms with van der Waals surface area (Å²) >= 11 is 1.68. The lowest BCUT2D eigenvalue weighted by Crippen LogP contribution is -2.33. The Kier molecular flexibility index (Phi) is 4.64. The van der Waals surface area contributed by atoms with Crippen LogP contribution in [-0.2, 0) is 24.2 Å². The summed E-state index contributed by atoms with van der Waals surface area (Å²) in [7, 11) is 0. The molecular formula is C21H26N4OS. The van der Waals surface area contributed by atoms with Gasteiger partial charge in [0.15, 0.2) is 0 Å². The second-order valence-electron chi connectivity index (χ2n) is 8.19. The van der Waals surface area contributed by atoms with E-state index in [9.17, 15) is 0 Å². The predicted molar refractivity (Wildman–Crippen MR) is 113 cm³/mol. The summed E-state index contributed by atoms with van der Waals surface area (Å²) in [6, 6.07) is 0. The van der Waals surface area contributed by atoms with Crippen LogP contribution in [0.1, 0.15) is 44.5 Å². The Balaban J connectivity index is 2.00. The number of aromatic nitrogens is 3. The van der Waals surface area contributed by atoms with E-state index in [2.05, 4.69) is 49.6 Å². The van der Waals surface area contributed by atoms with Crippen molar-refractivity contribution in [3.05, 3.63) is 35.8 Å². The lowest BCUT2D eigenvalue weighted by atomic mass is 9.88. The number of nitrogens with one attached hydrogen (secondary N) is 1. The number of rotatable bonds is 5. The highest BCUT2D eigenvalue weighted by molar-refractivity contribution is 7.26. The SMILES string of the molecule is C=CCNc1ncnc2c1sc1nc(CC(C)C)c3c(c12)CC(C)(C)OC3. The van der Waals surface area contributed by atoms with Gasteiger partial charge in [0.2, 0.25) is 0 Å². The van der Waals surface area contributed by atoms with Crippen molar-refractivity contribution in [3.8, 4) is 0 Å². The van der Waals surface area contributed by atoms with E-state index in [1.165, 1.54) is 22.2 Å². The lowest BCUT2D eigenvalue weighted by molar-refractivity contribution is -0.0402. The summed E-state index contributed by atoms with van der Waals surface area (Å²) in [5.74, 6) is 1.40. The average molecular weight is 383 g/mol. The van der Waals surface area contributed by atoms with Gasteiger partial charge in [0.05, 0.1) is 22.4 Å². The molecule has 0 bridgehead atoms. The first-order chi connectivity index (χ1) is 12.9. The largest absolute Gasteiger partial charge is 0.370 e. The molecule has 0 unspecified atom stereocenters. The molecule has 4 rings (SSSR count). The maximum Gasteiger partial charge on any atom is 0.147 e. The minimum Gasteiger partial charge on any atom is -0.370 e. The second kappa shape index (κ2) is 6.84. The summed E-state index contributed by atoms with van der Waals surface area (Å²) in [6.07, 6.45) is 5.31. The summed E-state index contributed by atoms with van der Waals surface area (Å²) in [4.78, 5) is 15.2. The Morgan fingerprint density at radius 1 is 1.33 bits per heavy atom. The summed E-state index contributed by atoms with van der Waals surface area (Å²) in [6.45, 7) is 13.9. The van der Waals surface area contributed by atoms with Gasteiger partial charge in [-0.1, -0.05) is 19.9 Å². The maximum atomic E-state index is 6.14. The first kappa shape index (κ1) is 18.3. The number of nitrogens with zero attached hydrogens (tertiary/aromatic N) is 3. The van der Waals surface area contributed by atoms with E-state index in [0.29, 0.717) is 19.1 Å². The van der Waals surface area contributed by atoms with Crippen LogP contribution in [0.4, 0.5) is 5.82 Å². The van der Waals surface area contributed by atoms with Crippen molar-refractivity contribution in [1.29, 1.82) is 0 Å². The highest BCUT2D eigenvalue weighted by Crippen LogP contribution is 2.42. The highest BCUT2D eigenvalue weighted by atomic mass is 32.1. The van der Waals surface area contributed by atoms with Crippen LogP contribution < -0.4 is 5.32 Å². The van der Waals surface area contributed by atoms with Gasteiger partial charge >= 0.3 is 0 Å². The number of ether oxygens (including phenoxy) is 1. The zero-order valence-electron chi connectivity index (χ0n) is 16.4. The first-order valence-corrected chi connectivity index (χ1v) is 10.3. The second-order valence-corrected chi connectivity index (χ2v) is 9.19. The fourth-order valence-electron chi connectivity index (χ4n) is 3.72. The molecule has 0 saturated heterocycles. The molecule has 1 aliphatic heterocycles. The molecule has 6 heteroatoms. The van der Waals surface area contributed by atoms with E-state index in [-0.39, 0.29) is 5.60 Å². The number of fused-ring (bicyclic) bond motifs is 5. The van der Waals surface area contributed by atoms with Gasteiger partial charge in [-0.25, -0.2) is 15.0 Å². The normalized spacial score (nSPS) is 16.0. The van der Waals surface area contributed by atoms with E-state index < -0.39 is 0 Å². The van der Waals surface area contributed by atoms with Gasteiger partial charge in [0.25, 0.3) is 0 Å². The monoisotopic (exact) mass is 382 g/mol. The molecule has 5 nitrogen and oxygen atoms in total. The first-order valence-electron chi connectivity index (χ1n) is 9.46. The van der Waals surface area contributed by atoms with E-state index in [4.69, 9.17) is 9.72 Å². The number of anilines is 1. The van der Waals surface area contributed by atoms with Crippen LogP contribution >= 0.6 is 11.3 Å². The van der Waals surface area contributed by atoms with E-state index in [1.54, 1.807) is 17.7 Å². The molecule has 3 aromatic heterocycles. The third-order valence-electron chi connectivity index (χ3n) is 4.93. The quantitative estimate of drug-likeness (QED) is 0.637. The average Bonchev–Trinajstić information content (AvgIpc) is 2.97. The molecule has 0 atom stereocenters. The molecule has 142 valence electrons. The van der Waals surface area contributed by atoms with Crippen LogP contribution in [0.15, 0.2) is 19.0 Å². The molecule has 0 amide bonds. The number of thiophene rings is 1. The Bertz CT molecular complexity index is 1020. The van der Waals surface area contributed by atoms with Crippen LogP contribution in [-0.4, -0.2) is 27.1 Å². The van der Waals surface area contributed by atoms with E-state index in [0.717, 1.165) is 33.7 Å². The van der Waals surface area contributed by atoms with Crippen LogP contribution in [0.3, 0.4) is 0 Å². The molecular weight excluding hydrogens is 356 g/mol. The standard InChI is InChI=1S/C21H26N4OS/c1-6-7-22-19-18-17(23-11-24-19)16-13-9-21(4,5)26-10-14(13)15(8-12(2)3)25-20(16)27-18/h6,11-12H,1,7-10H2,2-5H3,(H,22,23,24). The third kappa shape index (κ3) is 3.32. The zero-order valence-corrected chi connectivity index (χ0v) is 17.2. The van der Waals surface area contributed by atoms with Crippen LogP contribution in [0, 0.1) is 5.92 Å². The molecule has 0 spiro atoms. The Hall–Kier alpha value is -2.05. The van der Waals surface area contributed by atoms with Crippen molar-refractivity contribution in [2.45, 2.75) is 52.7 Å². The predicted octanol–water partition coefficient (Wildman–Crippen LogP) is 4.89. The van der Waals surface area contributed by atoms with Gasteiger partial charge in [-0.3, -0.25) is 0 Å². The number of hydrogen-bond acceptors (Lipinski definition) is 6. The van der Waals surface area contributed by atoms with Gasteiger partial charge < -0.3 is 10.1 Å². The van der Waals surface area contributed by atoms with Gasteiger partial charge in [-0.05, 0) is 31.7 Å². The smallest absolute Gasteiger partial charge is 0.147 e. The van der Waals surface area contributed by atoms with Crippen LogP contribution in [0.25, 0.3) is 20.4 Å². The van der Waals surface area contributed by atoms with E-state index in [1.807, 2.05) is 6.08 Å². The minimum absolute atomic E-state index is 0.179. The van der Waals surface area contributed by atoms with Gasteiger partial charge in [-0.15, -0.1) is 17.9 Å².